The van der Waals surface area contributed by atoms with Crippen LogP contribution in [0.25, 0.3) is 0 Å². The van der Waals surface area contributed by atoms with Crippen LogP contribution < -0.4 is 10.1 Å². The largest absolute Gasteiger partial charge is 0.496 e. The Hall–Kier alpha value is -2.57. The molecule has 7 nitrogen and oxygen atoms in total. The fourth-order valence-electron chi connectivity index (χ4n) is 2.17. The second-order valence-corrected chi connectivity index (χ2v) is 5.28. The van der Waals surface area contributed by atoms with Crippen molar-refractivity contribution in [2.45, 2.75) is 25.9 Å². The van der Waals surface area contributed by atoms with Crippen molar-refractivity contribution in [3.05, 3.63) is 29.3 Å². The standard InChI is InChI=1S/C14H16N2O5/c1-14(2)12(19)16(13(20)15-14)7-9-6-8(11(17)18)4-5-10(9)21-3/h4-6H,7H2,1-3H3,(H,15,20)(H,17,18). The number of urea groups is 1. The minimum absolute atomic E-state index is 0.0433. The summed E-state index contributed by atoms with van der Waals surface area (Å²) in [5.41, 5.74) is -0.440. The second-order valence-electron chi connectivity index (χ2n) is 5.28. The normalized spacial score (nSPS) is 16.8. The van der Waals surface area contributed by atoms with Gasteiger partial charge in [-0.05, 0) is 32.0 Å². The van der Waals surface area contributed by atoms with E-state index < -0.39 is 17.5 Å². The molecular formula is C14H16N2O5. The van der Waals surface area contributed by atoms with E-state index in [1.165, 1.54) is 25.3 Å². The second kappa shape index (κ2) is 5.08. The Labute approximate surface area is 121 Å². The van der Waals surface area contributed by atoms with Crippen molar-refractivity contribution >= 4 is 17.9 Å². The quantitative estimate of drug-likeness (QED) is 0.813. The number of carboxylic acid groups (broad SMARTS) is 1. The number of nitrogens with zero attached hydrogens (tertiary/aromatic N) is 1. The monoisotopic (exact) mass is 292 g/mol. The smallest absolute Gasteiger partial charge is 0.335 e. The number of ether oxygens (including phenoxy) is 1. The molecule has 1 fully saturated rings. The summed E-state index contributed by atoms with van der Waals surface area (Å²) < 4.78 is 5.15. The molecule has 1 aromatic carbocycles. The molecular weight excluding hydrogens is 276 g/mol. The van der Waals surface area contributed by atoms with Gasteiger partial charge in [-0.3, -0.25) is 9.69 Å². The third kappa shape index (κ3) is 2.67. The molecule has 1 aliphatic rings. The summed E-state index contributed by atoms with van der Waals surface area (Å²) in [6.07, 6.45) is 0. The maximum absolute atomic E-state index is 12.1. The van der Waals surface area contributed by atoms with Crippen LogP contribution in [-0.4, -0.2) is 40.6 Å². The summed E-state index contributed by atoms with van der Waals surface area (Å²) in [7, 11) is 1.44. The Kier molecular flexibility index (Phi) is 3.59. The van der Waals surface area contributed by atoms with E-state index in [9.17, 15) is 14.4 Å². The van der Waals surface area contributed by atoms with Crippen LogP contribution in [0.1, 0.15) is 29.8 Å². The summed E-state index contributed by atoms with van der Waals surface area (Å²) in [5.74, 6) is -1.03. The summed E-state index contributed by atoms with van der Waals surface area (Å²) in [6.45, 7) is 3.18. The highest BCUT2D eigenvalue weighted by Crippen LogP contribution is 2.25. The molecule has 1 aliphatic heterocycles. The molecule has 3 amide bonds. The number of amides is 3. The minimum atomic E-state index is -1.09. The predicted molar refractivity (Wildman–Crippen MR) is 73.1 cm³/mol. The summed E-state index contributed by atoms with van der Waals surface area (Å²) >= 11 is 0. The van der Waals surface area contributed by atoms with E-state index in [0.29, 0.717) is 11.3 Å². The number of rotatable bonds is 4. The zero-order valence-electron chi connectivity index (χ0n) is 12.0. The molecule has 1 saturated heterocycles. The number of imide groups is 1. The number of carbonyl (C=O) groups is 3. The number of aromatic carboxylic acids is 1. The van der Waals surface area contributed by atoms with Gasteiger partial charge in [0, 0.05) is 5.56 Å². The van der Waals surface area contributed by atoms with Crippen molar-refractivity contribution < 1.29 is 24.2 Å². The van der Waals surface area contributed by atoms with E-state index >= 15 is 0 Å². The Morgan fingerprint density at radius 1 is 1.38 bits per heavy atom. The van der Waals surface area contributed by atoms with Gasteiger partial charge in [-0.15, -0.1) is 0 Å². The first kappa shape index (κ1) is 14.8. The van der Waals surface area contributed by atoms with Gasteiger partial charge in [-0.2, -0.15) is 0 Å². The zero-order chi connectivity index (χ0) is 15.8. The number of nitrogens with one attached hydrogen (secondary N) is 1. The van der Waals surface area contributed by atoms with E-state index in [-0.39, 0.29) is 18.0 Å². The molecule has 21 heavy (non-hydrogen) atoms. The molecule has 112 valence electrons. The highest BCUT2D eigenvalue weighted by Gasteiger charge is 2.44. The maximum atomic E-state index is 12.1. The van der Waals surface area contributed by atoms with Crippen LogP contribution in [0.5, 0.6) is 5.75 Å². The number of hydrogen-bond donors (Lipinski definition) is 2. The number of methoxy groups -OCH3 is 1. The van der Waals surface area contributed by atoms with Crippen molar-refractivity contribution in [3.63, 3.8) is 0 Å². The van der Waals surface area contributed by atoms with Gasteiger partial charge >= 0.3 is 12.0 Å². The third-order valence-corrected chi connectivity index (χ3v) is 3.30. The fourth-order valence-corrected chi connectivity index (χ4v) is 2.17. The predicted octanol–water partition coefficient (Wildman–Crippen LogP) is 1.22. The number of hydrogen-bond acceptors (Lipinski definition) is 4. The molecule has 0 aliphatic carbocycles. The average molecular weight is 292 g/mol. The van der Waals surface area contributed by atoms with Gasteiger partial charge in [0.15, 0.2) is 0 Å². The highest BCUT2D eigenvalue weighted by atomic mass is 16.5. The lowest BCUT2D eigenvalue weighted by Crippen LogP contribution is -2.40. The van der Waals surface area contributed by atoms with Gasteiger partial charge < -0.3 is 15.2 Å². The average Bonchev–Trinajstić information content (AvgIpc) is 2.60. The van der Waals surface area contributed by atoms with Gasteiger partial charge in [0.1, 0.15) is 11.3 Å². The Bertz CT molecular complexity index is 624. The molecule has 2 rings (SSSR count). The van der Waals surface area contributed by atoms with Crippen LogP contribution in [-0.2, 0) is 11.3 Å². The molecule has 0 atom stereocenters. The van der Waals surface area contributed by atoms with E-state index in [4.69, 9.17) is 9.84 Å². The number of benzene rings is 1. The maximum Gasteiger partial charge on any atom is 0.335 e. The Morgan fingerprint density at radius 2 is 2.05 bits per heavy atom. The molecule has 0 radical (unpaired) electrons. The lowest BCUT2D eigenvalue weighted by atomic mass is 10.1. The molecule has 1 aromatic rings. The molecule has 7 heteroatoms. The van der Waals surface area contributed by atoms with Crippen LogP contribution in [0.3, 0.4) is 0 Å². The van der Waals surface area contributed by atoms with E-state index in [1.807, 2.05) is 0 Å². The first-order chi connectivity index (χ1) is 9.76. The van der Waals surface area contributed by atoms with Crippen LogP contribution in [0.2, 0.25) is 0 Å². The Morgan fingerprint density at radius 3 is 2.52 bits per heavy atom. The summed E-state index contributed by atoms with van der Waals surface area (Å²) in [4.78, 5) is 36.1. The van der Waals surface area contributed by atoms with Crippen LogP contribution >= 0.6 is 0 Å². The Balaban J connectivity index is 2.35. The SMILES string of the molecule is COc1ccc(C(=O)O)cc1CN1C(=O)NC(C)(C)C1=O. The first-order valence-electron chi connectivity index (χ1n) is 6.30. The molecule has 0 spiro atoms. The third-order valence-electron chi connectivity index (χ3n) is 3.30. The fraction of sp³-hybridized carbons (Fsp3) is 0.357. The van der Waals surface area contributed by atoms with E-state index in [1.54, 1.807) is 13.8 Å². The van der Waals surface area contributed by atoms with Crippen LogP contribution in [0, 0.1) is 0 Å². The van der Waals surface area contributed by atoms with Crippen molar-refractivity contribution in [3.8, 4) is 5.75 Å². The van der Waals surface area contributed by atoms with Gasteiger partial charge in [0.2, 0.25) is 0 Å². The minimum Gasteiger partial charge on any atom is -0.496 e. The lowest BCUT2D eigenvalue weighted by molar-refractivity contribution is -0.130. The number of carboxylic acids is 1. The molecule has 0 unspecified atom stereocenters. The summed E-state index contributed by atoms with van der Waals surface area (Å²) in [6, 6.07) is 3.79. The molecule has 0 aromatic heterocycles. The highest BCUT2D eigenvalue weighted by molar-refractivity contribution is 6.06. The van der Waals surface area contributed by atoms with Crippen LogP contribution in [0.4, 0.5) is 4.79 Å². The molecule has 1 heterocycles. The zero-order valence-corrected chi connectivity index (χ0v) is 12.0. The van der Waals surface area contributed by atoms with E-state index in [0.717, 1.165) is 4.90 Å². The van der Waals surface area contributed by atoms with Gasteiger partial charge in [-0.1, -0.05) is 0 Å². The van der Waals surface area contributed by atoms with Crippen molar-refractivity contribution in [2.24, 2.45) is 0 Å². The first-order valence-corrected chi connectivity index (χ1v) is 6.30. The van der Waals surface area contributed by atoms with Gasteiger partial charge in [-0.25, -0.2) is 9.59 Å². The molecule has 2 N–H and O–H groups in total. The number of carbonyl (C=O) groups excluding carboxylic acids is 2. The topological polar surface area (TPSA) is 95.9 Å². The van der Waals surface area contributed by atoms with Crippen molar-refractivity contribution in [2.75, 3.05) is 7.11 Å². The van der Waals surface area contributed by atoms with Crippen molar-refractivity contribution in [1.29, 1.82) is 0 Å². The molecule has 0 saturated carbocycles. The van der Waals surface area contributed by atoms with Crippen LogP contribution in [0.15, 0.2) is 18.2 Å². The summed E-state index contributed by atoms with van der Waals surface area (Å²) in [5, 5.41) is 11.6. The van der Waals surface area contributed by atoms with Crippen molar-refractivity contribution in [1.82, 2.24) is 10.2 Å². The lowest BCUT2D eigenvalue weighted by Gasteiger charge is -2.17. The molecule has 0 bridgehead atoms. The van der Waals surface area contributed by atoms with Gasteiger partial charge in [0.05, 0.1) is 19.2 Å². The van der Waals surface area contributed by atoms with E-state index in [2.05, 4.69) is 5.32 Å². The van der Waals surface area contributed by atoms with Gasteiger partial charge in [0.25, 0.3) is 5.91 Å².